The van der Waals surface area contributed by atoms with E-state index in [0.29, 0.717) is 10.6 Å². The molecule has 6 heteroatoms. The maximum Gasteiger partial charge on any atom is 0.283 e. The Hall–Kier alpha value is -3.25. The zero-order chi connectivity index (χ0) is 20.6. The Balaban J connectivity index is 1.47. The van der Waals surface area contributed by atoms with Crippen molar-refractivity contribution in [1.29, 1.82) is 0 Å². The van der Waals surface area contributed by atoms with Crippen LogP contribution in [-0.2, 0) is 0 Å². The lowest BCUT2D eigenvalue weighted by molar-refractivity contribution is -0.770. The summed E-state index contributed by atoms with van der Waals surface area (Å²) in [6.45, 7) is 3.33. The highest BCUT2D eigenvalue weighted by Crippen LogP contribution is 2.29. The molecule has 2 unspecified atom stereocenters. The number of aliphatic imine (C=N–C) groups is 1. The van der Waals surface area contributed by atoms with Gasteiger partial charge in [-0.25, -0.2) is 4.98 Å². The van der Waals surface area contributed by atoms with Crippen LogP contribution < -0.4 is 10.2 Å². The molecule has 0 amide bonds. The molecule has 3 aliphatic heterocycles. The minimum atomic E-state index is 0.298. The van der Waals surface area contributed by atoms with Gasteiger partial charge in [0.25, 0.3) is 5.84 Å². The number of benzene rings is 1. The molecule has 1 aromatic heterocycles. The van der Waals surface area contributed by atoms with Gasteiger partial charge in [-0.1, -0.05) is 48.4 Å². The fourth-order valence-electron chi connectivity index (χ4n) is 4.46. The number of pyridine rings is 1. The van der Waals surface area contributed by atoms with E-state index in [1.54, 1.807) is 0 Å². The van der Waals surface area contributed by atoms with Gasteiger partial charge >= 0.3 is 0 Å². The van der Waals surface area contributed by atoms with Gasteiger partial charge in [0.2, 0.25) is 0 Å². The van der Waals surface area contributed by atoms with E-state index in [0.717, 1.165) is 47.4 Å². The lowest BCUT2D eigenvalue weighted by Gasteiger charge is -2.27. The monoisotopic (exact) mass is 399 g/mol. The van der Waals surface area contributed by atoms with Crippen LogP contribution in [0.5, 0.6) is 0 Å². The van der Waals surface area contributed by atoms with Gasteiger partial charge in [0, 0.05) is 24.2 Å². The number of fused-ring (bicyclic) bond motifs is 1. The molecule has 0 saturated carbocycles. The molecule has 152 valence electrons. The molecule has 3 aliphatic rings. The zero-order valence-electron chi connectivity index (χ0n) is 17.5. The van der Waals surface area contributed by atoms with Crippen LogP contribution in [0.1, 0.15) is 31.7 Å². The average molecular weight is 400 g/mol. The molecule has 0 aliphatic carbocycles. The quantitative estimate of drug-likeness (QED) is 0.753. The standard InChI is InChI=1S/C24H27N6/c1-3-19-11-8-15-29(19)23-13-7-12-22(27-23)26-21-17-20(18-9-5-4-6-10-18)28-30(2)16-14-25-24(21)30/h4-7,9-10,12-14,16-17,19H,3,8,11,15H2,1-2H3,(H,26,27)/q+1. The Bertz CT molecular complexity index is 1070. The number of nitrogens with zero attached hydrogens (tertiary/aromatic N) is 5. The summed E-state index contributed by atoms with van der Waals surface area (Å²) in [4.78, 5) is 12.0. The number of allylic oxidation sites excluding steroid dienone is 1. The predicted molar refractivity (Wildman–Crippen MR) is 122 cm³/mol. The van der Waals surface area contributed by atoms with Crippen molar-refractivity contribution in [2.75, 3.05) is 23.8 Å². The number of hydrogen-bond donors (Lipinski definition) is 1. The molecule has 1 saturated heterocycles. The van der Waals surface area contributed by atoms with Crippen LogP contribution in [0.4, 0.5) is 11.6 Å². The van der Waals surface area contributed by atoms with Gasteiger partial charge in [-0.2, -0.15) is 4.99 Å². The number of rotatable bonds is 5. The average Bonchev–Trinajstić information content (AvgIpc) is 3.41. The predicted octanol–water partition coefficient (Wildman–Crippen LogP) is 4.50. The van der Waals surface area contributed by atoms with E-state index in [1.165, 1.54) is 12.8 Å². The van der Waals surface area contributed by atoms with Crippen molar-refractivity contribution < 1.29 is 4.59 Å². The van der Waals surface area contributed by atoms with Crippen LogP contribution in [-0.4, -0.2) is 40.8 Å². The van der Waals surface area contributed by atoms with Crippen molar-refractivity contribution in [3.8, 4) is 0 Å². The maximum absolute atomic E-state index is 4.93. The molecule has 30 heavy (non-hydrogen) atoms. The normalized spacial score (nSPS) is 24.9. The number of amidine groups is 1. The summed E-state index contributed by atoms with van der Waals surface area (Å²) >= 11 is 0. The van der Waals surface area contributed by atoms with Gasteiger partial charge in [-0.15, -0.1) is 4.59 Å². The molecule has 0 spiro atoms. The number of nitrogens with one attached hydrogen (secondary N) is 1. The van der Waals surface area contributed by atoms with E-state index in [9.17, 15) is 0 Å². The number of aromatic nitrogens is 1. The zero-order valence-corrected chi connectivity index (χ0v) is 17.5. The minimum absolute atomic E-state index is 0.298. The lowest BCUT2D eigenvalue weighted by Crippen LogP contribution is -2.43. The molecule has 5 rings (SSSR count). The van der Waals surface area contributed by atoms with Crippen molar-refractivity contribution in [3.63, 3.8) is 0 Å². The van der Waals surface area contributed by atoms with Crippen molar-refractivity contribution in [1.82, 2.24) is 4.98 Å². The molecule has 2 aromatic rings. The molecule has 2 atom stereocenters. The summed E-state index contributed by atoms with van der Waals surface area (Å²) in [6, 6.07) is 17.0. The Labute approximate surface area is 177 Å². The van der Waals surface area contributed by atoms with Crippen LogP contribution in [0.15, 0.2) is 82.8 Å². The van der Waals surface area contributed by atoms with E-state index in [-0.39, 0.29) is 0 Å². The Morgan fingerprint density at radius 2 is 2.00 bits per heavy atom. The molecular formula is C24H27N6+. The molecule has 1 N–H and O–H groups in total. The van der Waals surface area contributed by atoms with Gasteiger partial charge < -0.3 is 10.2 Å². The smallest absolute Gasteiger partial charge is 0.283 e. The third kappa shape index (κ3) is 3.33. The SMILES string of the molecule is CCC1CCCN1c1cccc(NC2=CC(c3ccccc3)=N[N+]3(C)C=CN=C23)n1. The molecule has 6 nitrogen and oxygen atoms in total. The van der Waals surface area contributed by atoms with Gasteiger partial charge in [0.15, 0.2) is 0 Å². The van der Waals surface area contributed by atoms with Gasteiger partial charge in [0.1, 0.15) is 36.3 Å². The van der Waals surface area contributed by atoms with Crippen molar-refractivity contribution in [2.24, 2.45) is 10.1 Å². The van der Waals surface area contributed by atoms with Crippen LogP contribution in [0.2, 0.25) is 0 Å². The number of likely N-dealkylation sites (N-methyl/N-ethyl adjacent to an activating group) is 1. The first kappa shape index (κ1) is 18.8. The molecular weight excluding hydrogens is 372 g/mol. The first-order valence-electron chi connectivity index (χ1n) is 10.7. The second kappa shape index (κ2) is 7.54. The summed E-state index contributed by atoms with van der Waals surface area (Å²) in [5.74, 6) is 2.74. The molecule has 0 bridgehead atoms. The lowest BCUT2D eigenvalue weighted by atomic mass is 10.1. The summed E-state index contributed by atoms with van der Waals surface area (Å²) in [5.41, 5.74) is 2.93. The van der Waals surface area contributed by atoms with E-state index in [1.807, 2.05) is 43.7 Å². The van der Waals surface area contributed by atoms with E-state index in [2.05, 4.69) is 52.5 Å². The van der Waals surface area contributed by atoms with Crippen molar-refractivity contribution in [3.05, 3.63) is 78.3 Å². The minimum Gasteiger partial charge on any atom is -0.354 e. The summed E-state index contributed by atoms with van der Waals surface area (Å²) in [6.07, 6.45) is 9.52. The van der Waals surface area contributed by atoms with Gasteiger partial charge in [-0.3, -0.25) is 0 Å². The summed E-state index contributed by atoms with van der Waals surface area (Å²) in [5, 5.41) is 8.46. The third-order valence-electron chi connectivity index (χ3n) is 6.03. The first-order chi connectivity index (χ1) is 14.7. The number of hydrogen-bond acceptors (Lipinski definition) is 5. The first-order valence-corrected chi connectivity index (χ1v) is 10.7. The summed E-state index contributed by atoms with van der Waals surface area (Å²) < 4.78 is 0.298. The fraction of sp³-hybridized carbons (Fsp3) is 0.292. The second-order valence-electron chi connectivity index (χ2n) is 8.09. The van der Waals surface area contributed by atoms with E-state index in [4.69, 9.17) is 10.1 Å². The molecule has 4 heterocycles. The van der Waals surface area contributed by atoms with Crippen LogP contribution in [0.3, 0.4) is 0 Å². The van der Waals surface area contributed by atoms with Crippen molar-refractivity contribution in [2.45, 2.75) is 32.2 Å². The highest BCUT2D eigenvalue weighted by atomic mass is 15.6. The van der Waals surface area contributed by atoms with Gasteiger partial charge in [-0.05, 0) is 31.4 Å². The topological polar surface area (TPSA) is 52.9 Å². The van der Waals surface area contributed by atoms with Gasteiger partial charge in [0.05, 0.1) is 6.20 Å². The molecule has 0 radical (unpaired) electrons. The third-order valence-corrected chi connectivity index (χ3v) is 6.03. The highest BCUT2D eigenvalue weighted by Gasteiger charge is 2.39. The van der Waals surface area contributed by atoms with E-state index < -0.39 is 0 Å². The Kier molecular flexibility index (Phi) is 4.71. The second-order valence-corrected chi connectivity index (χ2v) is 8.09. The molecule has 1 fully saturated rings. The largest absolute Gasteiger partial charge is 0.354 e. The summed E-state index contributed by atoms with van der Waals surface area (Å²) in [7, 11) is 2.04. The number of anilines is 2. The maximum atomic E-state index is 4.93. The van der Waals surface area contributed by atoms with Crippen LogP contribution in [0.25, 0.3) is 0 Å². The number of quaternary nitrogens is 1. The fourth-order valence-corrected chi connectivity index (χ4v) is 4.46. The molecule has 1 aromatic carbocycles. The highest BCUT2D eigenvalue weighted by molar-refractivity contribution is 6.15. The van der Waals surface area contributed by atoms with Crippen LogP contribution in [0, 0.1) is 0 Å². The Morgan fingerprint density at radius 1 is 1.13 bits per heavy atom. The Morgan fingerprint density at radius 3 is 2.83 bits per heavy atom. The van der Waals surface area contributed by atoms with E-state index >= 15 is 0 Å². The van der Waals surface area contributed by atoms with Crippen molar-refractivity contribution >= 4 is 23.2 Å². The van der Waals surface area contributed by atoms with Crippen LogP contribution >= 0.6 is 0 Å².